The van der Waals surface area contributed by atoms with Gasteiger partial charge >= 0.3 is 0 Å². The summed E-state index contributed by atoms with van der Waals surface area (Å²) in [7, 11) is 0. The molecule has 0 aliphatic rings. The van der Waals surface area contributed by atoms with Gasteiger partial charge in [-0.1, -0.05) is 0 Å². The van der Waals surface area contributed by atoms with E-state index in [1.165, 1.54) is 19.1 Å². The Morgan fingerprint density at radius 3 is 2.59 bits per heavy atom. The Morgan fingerprint density at radius 2 is 2.06 bits per heavy atom. The number of nitrogen functional groups attached to an aromatic ring is 1. The second-order valence-electron chi connectivity index (χ2n) is 3.65. The highest BCUT2D eigenvalue weighted by molar-refractivity contribution is 5.97. The highest BCUT2D eigenvalue weighted by atomic mass is 19.1. The van der Waals surface area contributed by atoms with Crippen molar-refractivity contribution < 1.29 is 14.0 Å². The molecule has 0 aliphatic carbocycles. The third-order valence-electron chi connectivity index (χ3n) is 2.08. The molecule has 0 radical (unpaired) electrons. The largest absolute Gasteiger partial charge is 0.396 e. The summed E-state index contributed by atoms with van der Waals surface area (Å²) in [6, 6.07) is 3.48. The summed E-state index contributed by atoms with van der Waals surface area (Å²) < 4.78 is 13.1. The molecular weight excluding hydrogens is 225 g/mol. The summed E-state index contributed by atoms with van der Waals surface area (Å²) in [6.45, 7) is 2.81. The average molecular weight is 239 g/mol. The number of amides is 2. The van der Waals surface area contributed by atoms with Crippen LogP contribution in [0.3, 0.4) is 0 Å². The Bertz CT molecular complexity index is 448. The number of hydrogen-bond donors (Lipinski definition) is 3. The minimum atomic E-state index is -0.651. The van der Waals surface area contributed by atoms with Crippen molar-refractivity contribution in [3.8, 4) is 0 Å². The maximum atomic E-state index is 13.1. The molecule has 0 fully saturated rings. The van der Waals surface area contributed by atoms with E-state index in [0.717, 1.165) is 0 Å². The van der Waals surface area contributed by atoms with E-state index in [4.69, 9.17) is 5.73 Å². The van der Waals surface area contributed by atoms with Gasteiger partial charge in [-0.2, -0.15) is 0 Å². The zero-order chi connectivity index (χ0) is 13.0. The van der Waals surface area contributed by atoms with Crippen LogP contribution in [-0.2, 0) is 9.59 Å². The number of anilines is 2. The molecule has 6 heteroatoms. The molecule has 17 heavy (non-hydrogen) atoms. The van der Waals surface area contributed by atoms with Gasteiger partial charge in [0, 0.05) is 12.6 Å². The summed E-state index contributed by atoms with van der Waals surface area (Å²) in [5.41, 5.74) is 5.78. The SMILES string of the molecule is CC(=O)NC(=O)C(C)Nc1ccc(N)c(F)c1. The maximum absolute atomic E-state index is 13.1. The Balaban J connectivity index is 2.67. The molecule has 1 atom stereocenters. The van der Waals surface area contributed by atoms with E-state index in [0.29, 0.717) is 5.69 Å². The van der Waals surface area contributed by atoms with Gasteiger partial charge < -0.3 is 11.1 Å². The Morgan fingerprint density at radius 1 is 1.41 bits per heavy atom. The number of nitrogens with one attached hydrogen (secondary N) is 2. The van der Waals surface area contributed by atoms with Crippen molar-refractivity contribution >= 4 is 23.2 Å². The van der Waals surface area contributed by atoms with Crippen LogP contribution in [0.1, 0.15) is 13.8 Å². The van der Waals surface area contributed by atoms with E-state index in [1.807, 2.05) is 0 Å². The number of rotatable bonds is 3. The molecule has 4 N–H and O–H groups in total. The lowest BCUT2D eigenvalue weighted by atomic mass is 10.2. The zero-order valence-corrected chi connectivity index (χ0v) is 9.58. The van der Waals surface area contributed by atoms with Crippen LogP contribution >= 0.6 is 0 Å². The fourth-order valence-electron chi connectivity index (χ4n) is 1.21. The third-order valence-corrected chi connectivity index (χ3v) is 2.08. The van der Waals surface area contributed by atoms with Crippen LogP contribution in [0.25, 0.3) is 0 Å². The summed E-state index contributed by atoms with van der Waals surface area (Å²) >= 11 is 0. The van der Waals surface area contributed by atoms with Crippen LogP contribution in [0.5, 0.6) is 0 Å². The molecule has 1 aromatic carbocycles. The van der Waals surface area contributed by atoms with Crippen molar-refractivity contribution in [3.63, 3.8) is 0 Å². The van der Waals surface area contributed by atoms with Gasteiger partial charge in [0.05, 0.1) is 5.69 Å². The first kappa shape index (κ1) is 13.0. The minimum absolute atomic E-state index is 0.0383. The van der Waals surface area contributed by atoms with Crippen molar-refractivity contribution in [1.29, 1.82) is 0 Å². The summed E-state index contributed by atoms with van der Waals surface area (Å²) in [5.74, 6) is -1.48. The molecule has 2 amide bonds. The predicted octanol–water partition coefficient (Wildman–Crippen LogP) is 0.871. The topological polar surface area (TPSA) is 84.2 Å². The Hall–Kier alpha value is -2.11. The Labute approximate surface area is 98.2 Å². The number of hydrogen-bond acceptors (Lipinski definition) is 4. The molecule has 0 heterocycles. The lowest BCUT2D eigenvalue weighted by Crippen LogP contribution is -2.39. The molecule has 5 nitrogen and oxygen atoms in total. The van der Waals surface area contributed by atoms with Crippen LogP contribution < -0.4 is 16.4 Å². The summed E-state index contributed by atoms with van der Waals surface area (Å²) in [4.78, 5) is 22.1. The first-order chi connectivity index (χ1) is 7.90. The molecule has 0 spiro atoms. The lowest BCUT2D eigenvalue weighted by molar-refractivity contribution is -0.129. The molecular formula is C11H14FN3O2. The number of nitrogens with two attached hydrogens (primary N) is 1. The van der Waals surface area contributed by atoms with Gasteiger partial charge in [0.1, 0.15) is 11.9 Å². The second-order valence-corrected chi connectivity index (χ2v) is 3.65. The molecule has 1 rings (SSSR count). The zero-order valence-electron chi connectivity index (χ0n) is 9.58. The van der Waals surface area contributed by atoms with Gasteiger partial charge in [-0.05, 0) is 25.1 Å². The maximum Gasteiger partial charge on any atom is 0.248 e. The first-order valence-electron chi connectivity index (χ1n) is 5.03. The van der Waals surface area contributed by atoms with E-state index in [2.05, 4.69) is 10.6 Å². The molecule has 92 valence electrons. The molecule has 0 bridgehead atoms. The smallest absolute Gasteiger partial charge is 0.248 e. The molecule has 1 unspecified atom stereocenters. The number of carbonyl (C=O) groups excluding carboxylic acids is 2. The first-order valence-corrected chi connectivity index (χ1v) is 5.03. The van der Waals surface area contributed by atoms with E-state index in [9.17, 15) is 14.0 Å². The molecule has 0 aromatic heterocycles. The average Bonchev–Trinajstić information content (AvgIpc) is 2.22. The molecule has 0 saturated carbocycles. The fraction of sp³-hybridized carbons (Fsp3) is 0.273. The molecule has 1 aromatic rings. The monoisotopic (exact) mass is 239 g/mol. The molecule has 0 aliphatic heterocycles. The number of halogens is 1. The van der Waals surface area contributed by atoms with Crippen LogP contribution in [0.2, 0.25) is 0 Å². The fourth-order valence-corrected chi connectivity index (χ4v) is 1.21. The predicted molar refractivity (Wildman–Crippen MR) is 62.7 cm³/mol. The van der Waals surface area contributed by atoms with Crippen LogP contribution in [0.4, 0.5) is 15.8 Å². The number of benzene rings is 1. The quantitative estimate of drug-likeness (QED) is 0.683. The van der Waals surface area contributed by atoms with Gasteiger partial charge in [0.15, 0.2) is 0 Å². The van der Waals surface area contributed by atoms with Gasteiger partial charge in [-0.3, -0.25) is 14.9 Å². The highest BCUT2D eigenvalue weighted by Crippen LogP contribution is 2.16. The van der Waals surface area contributed by atoms with Crippen LogP contribution in [-0.4, -0.2) is 17.9 Å². The van der Waals surface area contributed by atoms with Gasteiger partial charge in [-0.25, -0.2) is 4.39 Å². The lowest BCUT2D eigenvalue weighted by Gasteiger charge is -2.14. The van der Waals surface area contributed by atoms with Crippen molar-refractivity contribution in [2.24, 2.45) is 0 Å². The van der Waals surface area contributed by atoms with E-state index >= 15 is 0 Å². The number of carbonyl (C=O) groups is 2. The van der Waals surface area contributed by atoms with Crippen molar-refractivity contribution in [1.82, 2.24) is 5.32 Å². The van der Waals surface area contributed by atoms with Crippen molar-refractivity contribution in [2.75, 3.05) is 11.1 Å². The summed E-state index contributed by atoms with van der Waals surface area (Å²) in [6.07, 6.45) is 0. The standard InChI is InChI=1S/C11H14FN3O2/c1-6(11(17)15-7(2)16)14-8-3-4-10(13)9(12)5-8/h3-6,14H,13H2,1-2H3,(H,15,16,17). The van der Waals surface area contributed by atoms with Gasteiger partial charge in [0.2, 0.25) is 11.8 Å². The highest BCUT2D eigenvalue weighted by Gasteiger charge is 2.14. The minimum Gasteiger partial charge on any atom is -0.396 e. The van der Waals surface area contributed by atoms with Crippen molar-refractivity contribution in [3.05, 3.63) is 24.0 Å². The normalized spacial score (nSPS) is 11.7. The van der Waals surface area contributed by atoms with E-state index in [-0.39, 0.29) is 5.69 Å². The van der Waals surface area contributed by atoms with Gasteiger partial charge in [-0.15, -0.1) is 0 Å². The van der Waals surface area contributed by atoms with Crippen molar-refractivity contribution in [2.45, 2.75) is 19.9 Å². The number of imide groups is 1. The van der Waals surface area contributed by atoms with E-state index in [1.54, 1.807) is 13.0 Å². The van der Waals surface area contributed by atoms with E-state index < -0.39 is 23.7 Å². The molecule has 0 saturated heterocycles. The third kappa shape index (κ3) is 3.75. The summed E-state index contributed by atoms with van der Waals surface area (Å²) in [5, 5.41) is 4.89. The Kier molecular flexibility index (Phi) is 4.03. The van der Waals surface area contributed by atoms with Crippen LogP contribution in [0, 0.1) is 5.82 Å². The van der Waals surface area contributed by atoms with Gasteiger partial charge in [0.25, 0.3) is 0 Å². The van der Waals surface area contributed by atoms with Crippen LogP contribution in [0.15, 0.2) is 18.2 Å². The second kappa shape index (κ2) is 5.29.